The third-order valence-electron chi connectivity index (χ3n) is 4.33. The molecular weight excluding hydrogens is 392 g/mol. The van der Waals surface area contributed by atoms with Gasteiger partial charge in [0.1, 0.15) is 0 Å². The molecule has 0 bridgehead atoms. The second kappa shape index (κ2) is 9.21. The van der Waals surface area contributed by atoms with Gasteiger partial charge < -0.3 is 0 Å². The normalized spacial score (nSPS) is 11.9. The maximum absolute atomic E-state index is 12.9. The van der Waals surface area contributed by atoms with Crippen LogP contribution in [0.3, 0.4) is 0 Å². The van der Waals surface area contributed by atoms with Crippen molar-refractivity contribution in [2.45, 2.75) is 39.5 Å². The second-order valence-electron chi connectivity index (χ2n) is 6.65. The molecule has 8 nitrogen and oxygen atoms in total. The lowest BCUT2D eigenvalue weighted by Crippen LogP contribution is -2.21. The molecule has 8 heteroatoms. The van der Waals surface area contributed by atoms with E-state index in [4.69, 9.17) is 9.78 Å². The Balaban J connectivity index is 1.80. The van der Waals surface area contributed by atoms with Gasteiger partial charge in [-0.3, -0.25) is 29.1 Å². The topological polar surface area (TPSA) is 105 Å². The summed E-state index contributed by atoms with van der Waals surface area (Å²) in [5.41, 5.74) is 0.638. The number of fused-ring (bicyclic) bond motifs is 2. The van der Waals surface area contributed by atoms with E-state index in [0.29, 0.717) is 12.8 Å². The van der Waals surface area contributed by atoms with E-state index >= 15 is 0 Å². The van der Waals surface area contributed by atoms with E-state index in [0.717, 1.165) is 0 Å². The number of hydrogen-bond donors (Lipinski definition) is 0. The fourth-order valence-electron chi connectivity index (χ4n) is 2.89. The molecule has 0 spiro atoms. The van der Waals surface area contributed by atoms with E-state index in [1.54, 1.807) is 0 Å². The molecule has 1 aliphatic carbocycles. The van der Waals surface area contributed by atoms with Crippen LogP contribution in [0.25, 0.3) is 0 Å². The highest BCUT2D eigenvalue weighted by Crippen LogP contribution is 2.32. The molecule has 0 radical (unpaired) electrons. The first-order valence-corrected chi connectivity index (χ1v) is 9.56. The predicted octanol–water partition coefficient (Wildman–Crippen LogP) is 3.74. The van der Waals surface area contributed by atoms with Crippen molar-refractivity contribution in [1.29, 1.82) is 0 Å². The first-order valence-electron chi connectivity index (χ1n) is 9.56. The van der Waals surface area contributed by atoms with Crippen LogP contribution < -0.4 is 9.78 Å². The van der Waals surface area contributed by atoms with Crippen LogP contribution in [0.15, 0.2) is 36.4 Å². The standard InChI is InChI=1S/C22H20O8/c1-3-5-19(23)29-27-13-7-9-15-17(11-13)21(25)16-10-8-14(12-18(16)22(15)26)28-30-20(24)6-4-2/h7-12H,3-6H2,1-2H3. The Morgan fingerprint density at radius 2 is 1.07 bits per heavy atom. The minimum absolute atomic E-state index is 0.130. The smallest absolute Gasteiger partial charge is 0.289 e. The van der Waals surface area contributed by atoms with Gasteiger partial charge in [0.2, 0.25) is 0 Å². The highest BCUT2D eigenvalue weighted by atomic mass is 17.2. The van der Waals surface area contributed by atoms with E-state index in [2.05, 4.69) is 9.78 Å². The van der Waals surface area contributed by atoms with Crippen molar-refractivity contribution in [3.63, 3.8) is 0 Å². The lowest BCUT2D eigenvalue weighted by atomic mass is 9.84. The molecule has 0 heterocycles. The molecule has 30 heavy (non-hydrogen) atoms. The molecule has 0 atom stereocenters. The first kappa shape index (κ1) is 21.0. The van der Waals surface area contributed by atoms with Gasteiger partial charge in [0.05, 0.1) is 0 Å². The molecule has 0 unspecified atom stereocenters. The molecule has 0 saturated carbocycles. The summed E-state index contributed by atoms with van der Waals surface area (Å²) in [7, 11) is 0. The molecule has 0 N–H and O–H groups in total. The minimum Gasteiger partial charge on any atom is -0.289 e. The zero-order valence-corrected chi connectivity index (χ0v) is 16.6. The van der Waals surface area contributed by atoms with Crippen LogP contribution in [-0.2, 0) is 19.4 Å². The number of carbonyl (C=O) groups is 4. The van der Waals surface area contributed by atoms with Crippen LogP contribution in [0.4, 0.5) is 0 Å². The molecule has 2 aromatic carbocycles. The maximum Gasteiger partial charge on any atom is 0.355 e. The Bertz CT molecular complexity index is 927. The quantitative estimate of drug-likeness (QED) is 0.407. The van der Waals surface area contributed by atoms with Crippen molar-refractivity contribution in [3.8, 4) is 11.5 Å². The van der Waals surface area contributed by atoms with Gasteiger partial charge in [0.25, 0.3) is 0 Å². The molecule has 156 valence electrons. The highest BCUT2D eigenvalue weighted by Gasteiger charge is 2.31. The summed E-state index contributed by atoms with van der Waals surface area (Å²) in [4.78, 5) is 67.9. The van der Waals surface area contributed by atoms with Gasteiger partial charge in [-0.2, -0.15) is 0 Å². The van der Waals surface area contributed by atoms with Crippen molar-refractivity contribution >= 4 is 23.5 Å². The van der Waals surface area contributed by atoms with Gasteiger partial charge >= 0.3 is 11.9 Å². The number of ketones is 2. The Labute approximate surface area is 172 Å². The summed E-state index contributed by atoms with van der Waals surface area (Å²) in [6, 6.07) is 8.43. The summed E-state index contributed by atoms with van der Waals surface area (Å²) in [6.07, 6.45) is 1.63. The van der Waals surface area contributed by atoms with Crippen LogP contribution >= 0.6 is 0 Å². The third-order valence-corrected chi connectivity index (χ3v) is 4.33. The molecule has 0 fully saturated rings. The highest BCUT2D eigenvalue weighted by molar-refractivity contribution is 6.28. The van der Waals surface area contributed by atoms with E-state index < -0.39 is 11.9 Å². The molecule has 0 amide bonds. The van der Waals surface area contributed by atoms with Gasteiger partial charge in [0.15, 0.2) is 23.1 Å². The Morgan fingerprint density at radius 1 is 0.667 bits per heavy atom. The lowest BCUT2D eigenvalue weighted by Gasteiger charge is -2.18. The molecule has 3 rings (SSSR count). The zero-order chi connectivity index (χ0) is 21.7. The molecular formula is C22H20O8. The van der Waals surface area contributed by atoms with Gasteiger partial charge in [-0.15, -0.1) is 0 Å². The van der Waals surface area contributed by atoms with Gasteiger partial charge in [-0.1, -0.05) is 13.8 Å². The fourth-order valence-corrected chi connectivity index (χ4v) is 2.89. The van der Waals surface area contributed by atoms with Crippen LogP contribution in [0.5, 0.6) is 11.5 Å². The summed E-state index contributed by atoms with van der Waals surface area (Å²) in [5.74, 6) is -1.58. The monoisotopic (exact) mass is 412 g/mol. The van der Waals surface area contributed by atoms with Crippen molar-refractivity contribution in [3.05, 3.63) is 58.7 Å². The second-order valence-corrected chi connectivity index (χ2v) is 6.65. The van der Waals surface area contributed by atoms with Crippen LogP contribution in [0.1, 0.15) is 71.4 Å². The van der Waals surface area contributed by atoms with E-state index in [-0.39, 0.29) is 58.2 Å². The Morgan fingerprint density at radius 3 is 1.43 bits per heavy atom. The molecule has 0 aliphatic heterocycles. The van der Waals surface area contributed by atoms with E-state index in [1.807, 2.05) is 13.8 Å². The Kier molecular flexibility index (Phi) is 6.46. The summed E-state index contributed by atoms with van der Waals surface area (Å²) >= 11 is 0. The SMILES string of the molecule is CCCC(=O)OOc1ccc2c(c1)C(=O)c1ccc(OOC(=O)CCC)cc1C2=O. The summed E-state index contributed by atoms with van der Waals surface area (Å²) in [6.45, 7) is 3.65. The molecule has 0 saturated heterocycles. The van der Waals surface area contributed by atoms with Crippen molar-refractivity contribution in [2.75, 3.05) is 0 Å². The number of carbonyl (C=O) groups excluding carboxylic acids is 4. The lowest BCUT2D eigenvalue weighted by molar-refractivity contribution is -0.214. The molecule has 2 aromatic rings. The first-order chi connectivity index (χ1) is 14.4. The minimum atomic E-state index is -0.532. The predicted molar refractivity (Wildman–Crippen MR) is 103 cm³/mol. The maximum atomic E-state index is 12.9. The molecule has 0 aromatic heterocycles. The number of hydrogen-bond acceptors (Lipinski definition) is 8. The van der Waals surface area contributed by atoms with Crippen molar-refractivity contribution < 1.29 is 38.7 Å². The Hall–Kier alpha value is -3.68. The third kappa shape index (κ3) is 4.48. The van der Waals surface area contributed by atoms with E-state index in [1.165, 1.54) is 36.4 Å². The van der Waals surface area contributed by atoms with Crippen molar-refractivity contribution in [1.82, 2.24) is 0 Å². The average molecular weight is 412 g/mol. The average Bonchev–Trinajstić information content (AvgIpc) is 2.75. The van der Waals surface area contributed by atoms with Crippen molar-refractivity contribution in [2.24, 2.45) is 0 Å². The number of rotatable bonds is 8. The summed E-state index contributed by atoms with van der Waals surface area (Å²) < 4.78 is 0. The number of benzene rings is 2. The van der Waals surface area contributed by atoms with Crippen LogP contribution in [0.2, 0.25) is 0 Å². The van der Waals surface area contributed by atoms with Crippen LogP contribution in [0, 0.1) is 0 Å². The zero-order valence-electron chi connectivity index (χ0n) is 16.6. The largest absolute Gasteiger partial charge is 0.355 e. The van der Waals surface area contributed by atoms with Gasteiger partial charge in [-0.25, -0.2) is 9.59 Å². The fraction of sp³-hybridized carbons (Fsp3) is 0.273. The molecule has 1 aliphatic rings. The summed E-state index contributed by atoms with van der Waals surface area (Å²) in [5, 5.41) is 0. The van der Waals surface area contributed by atoms with Crippen LogP contribution in [-0.4, -0.2) is 23.5 Å². The van der Waals surface area contributed by atoms with E-state index in [9.17, 15) is 19.2 Å². The van der Waals surface area contributed by atoms with Gasteiger partial charge in [-0.05, 0) is 49.2 Å². The van der Waals surface area contributed by atoms with Gasteiger partial charge in [0, 0.05) is 35.1 Å².